The van der Waals surface area contributed by atoms with Gasteiger partial charge in [0.2, 0.25) is 0 Å². The maximum absolute atomic E-state index is 12.7. The molecular weight excluding hydrogens is 420 g/mol. The standard InChI is InChI=1S/C26H20N2O3S/c1-30-21-12-11-20-14-24(31-23(20)15-21)22-16-32-26(27-22)28-25(29)19-9-7-18(8-10-19)13-17-5-3-2-4-6-17/h2-12,14-16H,13H2,1H3,(H,27,28,29). The fourth-order valence-corrected chi connectivity index (χ4v) is 4.18. The number of aromatic nitrogens is 1. The summed E-state index contributed by atoms with van der Waals surface area (Å²) in [7, 11) is 1.62. The number of furan rings is 1. The third-order valence-electron chi connectivity index (χ3n) is 5.17. The summed E-state index contributed by atoms with van der Waals surface area (Å²) in [6.07, 6.45) is 0.835. The Morgan fingerprint density at radius 1 is 1.00 bits per heavy atom. The summed E-state index contributed by atoms with van der Waals surface area (Å²) >= 11 is 1.36. The molecule has 0 bridgehead atoms. The van der Waals surface area contributed by atoms with Crippen molar-refractivity contribution >= 4 is 33.3 Å². The van der Waals surface area contributed by atoms with E-state index in [9.17, 15) is 4.79 Å². The van der Waals surface area contributed by atoms with Crippen molar-refractivity contribution in [3.8, 4) is 17.2 Å². The van der Waals surface area contributed by atoms with E-state index in [-0.39, 0.29) is 5.91 Å². The first kappa shape index (κ1) is 20.0. The number of carbonyl (C=O) groups excluding carboxylic acids is 1. The molecule has 1 amide bonds. The number of methoxy groups -OCH3 is 1. The summed E-state index contributed by atoms with van der Waals surface area (Å²) in [5.41, 5.74) is 4.40. The van der Waals surface area contributed by atoms with Gasteiger partial charge in [-0.2, -0.15) is 0 Å². The minimum atomic E-state index is -0.188. The molecule has 2 aromatic heterocycles. The van der Waals surface area contributed by atoms with Crippen molar-refractivity contribution in [3.63, 3.8) is 0 Å². The van der Waals surface area contributed by atoms with Crippen LogP contribution in [0.2, 0.25) is 0 Å². The fourth-order valence-electron chi connectivity index (χ4n) is 3.48. The van der Waals surface area contributed by atoms with Gasteiger partial charge in [-0.05, 0) is 47.9 Å². The number of anilines is 1. The Balaban J connectivity index is 1.27. The van der Waals surface area contributed by atoms with Crippen LogP contribution in [0.4, 0.5) is 5.13 Å². The second kappa shape index (κ2) is 8.69. The highest BCUT2D eigenvalue weighted by atomic mass is 32.1. The summed E-state index contributed by atoms with van der Waals surface area (Å²) in [4.78, 5) is 17.2. The zero-order valence-corrected chi connectivity index (χ0v) is 18.2. The van der Waals surface area contributed by atoms with Crippen LogP contribution in [-0.2, 0) is 6.42 Å². The van der Waals surface area contributed by atoms with Crippen LogP contribution in [0, 0.1) is 0 Å². The number of hydrogen-bond donors (Lipinski definition) is 1. The molecule has 0 saturated carbocycles. The van der Waals surface area contributed by atoms with E-state index in [4.69, 9.17) is 9.15 Å². The van der Waals surface area contributed by atoms with Crippen LogP contribution in [0.5, 0.6) is 5.75 Å². The molecule has 0 unspecified atom stereocenters. The Hall–Kier alpha value is -3.90. The number of carbonyl (C=O) groups is 1. The van der Waals surface area contributed by atoms with Crippen molar-refractivity contribution in [2.45, 2.75) is 6.42 Å². The van der Waals surface area contributed by atoms with Crippen LogP contribution in [0.3, 0.4) is 0 Å². The molecule has 2 heterocycles. The zero-order chi connectivity index (χ0) is 21.9. The molecule has 32 heavy (non-hydrogen) atoms. The molecule has 0 aliphatic carbocycles. The van der Waals surface area contributed by atoms with Crippen molar-refractivity contribution < 1.29 is 13.9 Å². The van der Waals surface area contributed by atoms with E-state index in [0.29, 0.717) is 22.1 Å². The first-order chi connectivity index (χ1) is 15.7. The van der Waals surface area contributed by atoms with Gasteiger partial charge in [0.05, 0.1) is 7.11 Å². The Morgan fingerprint density at radius 3 is 2.56 bits per heavy atom. The summed E-state index contributed by atoms with van der Waals surface area (Å²) in [5.74, 6) is 1.20. The zero-order valence-electron chi connectivity index (χ0n) is 17.4. The molecule has 3 aromatic carbocycles. The monoisotopic (exact) mass is 440 g/mol. The molecule has 5 aromatic rings. The van der Waals surface area contributed by atoms with Gasteiger partial charge in [0.25, 0.3) is 5.91 Å². The average Bonchev–Trinajstić information content (AvgIpc) is 3.46. The molecule has 1 N–H and O–H groups in total. The van der Waals surface area contributed by atoms with Gasteiger partial charge in [-0.3, -0.25) is 10.1 Å². The van der Waals surface area contributed by atoms with Crippen LogP contribution in [0.15, 0.2) is 88.7 Å². The van der Waals surface area contributed by atoms with E-state index in [2.05, 4.69) is 22.4 Å². The molecule has 158 valence electrons. The van der Waals surface area contributed by atoms with E-state index < -0.39 is 0 Å². The third kappa shape index (κ3) is 4.26. The van der Waals surface area contributed by atoms with Crippen LogP contribution in [0.1, 0.15) is 21.5 Å². The smallest absolute Gasteiger partial charge is 0.257 e. The molecule has 0 spiro atoms. The number of hydrogen-bond acceptors (Lipinski definition) is 5. The van der Waals surface area contributed by atoms with Gasteiger partial charge in [-0.15, -0.1) is 11.3 Å². The minimum Gasteiger partial charge on any atom is -0.497 e. The largest absolute Gasteiger partial charge is 0.497 e. The van der Waals surface area contributed by atoms with Crippen molar-refractivity contribution in [1.29, 1.82) is 0 Å². The molecule has 0 aliphatic heterocycles. The molecular formula is C26H20N2O3S. The molecule has 6 heteroatoms. The van der Waals surface area contributed by atoms with Crippen molar-refractivity contribution in [1.82, 2.24) is 4.98 Å². The first-order valence-corrected chi connectivity index (χ1v) is 11.0. The number of thiazole rings is 1. The molecule has 5 nitrogen and oxygen atoms in total. The van der Waals surface area contributed by atoms with Gasteiger partial charge < -0.3 is 9.15 Å². The van der Waals surface area contributed by atoms with Crippen LogP contribution in [-0.4, -0.2) is 18.0 Å². The maximum Gasteiger partial charge on any atom is 0.257 e. The lowest BCUT2D eigenvalue weighted by molar-refractivity contribution is 0.102. The Labute approximate surface area is 189 Å². The topological polar surface area (TPSA) is 64.4 Å². The second-order valence-corrected chi connectivity index (χ2v) is 8.22. The fraction of sp³-hybridized carbons (Fsp3) is 0.0769. The number of nitrogens with zero attached hydrogens (tertiary/aromatic N) is 1. The van der Waals surface area contributed by atoms with E-state index in [1.165, 1.54) is 16.9 Å². The quantitative estimate of drug-likeness (QED) is 0.331. The summed E-state index contributed by atoms with van der Waals surface area (Å²) in [5, 5.41) is 6.24. The predicted octanol–water partition coefficient (Wildman–Crippen LogP) is 6.41. The number of ether oxygens (including phenoxy) is 1. The lowest BCUT2D eigenvalue weighted by Gasteiger charge is -2.05. The average molecular weight is 441 g/mol. The lowest BCUT2D eigenvalue weighted by atomic mass is 10.0. The number of fused-ring (bicyclic) bond motifs is 1. The van der Waals surface area contributed by atoms with Gasteiger partial charge >= 0.3 is 0 Å². The molecule has 0 atom stereocenters. The predicted molar refractivity (Wildman–Crippen MR) is 128 cm³/mol. The lowest BCUT2D eigenvalue weighted by Crippen LogP contribution is -2.11. The number of rotatable bonds is 6. The Morgan fingerprint density at radius 2 is 1.78 bits per heavy atom. The van der Waals surface area contributed by atoms with Gasteiger partial charge in [-0.1, -0.05) is 42.5 Å². The van der Waals surface area contributed by atoms with E-state index in [1.807, 2.05) is 72.1 Å². The highest BCUT2D eigenvalue weighted by Crippen LogP contribution is 2.32. The molecule has 0 fully saturated rings. The molecule has 0 saturated heterocycles. The molecule has 0 aliphatic rings. The minimum absolute atomic E-state index is 0.188. The highest BCUT2D eigenvalue weighted by molar-refractivity contribution is 7.14. The normalized spacial score (nSPS) is 10.9. The summed E-state index contributed by atoms with van der Waals surface area (Å²) < 4.78 is 11.2. The van der Waals surface area contributed by atoms with Gasteiger partial charge in [0.1, 0.15) is 17.0 Å². The van der Waals surface area contributed by atoms with Crippen LogP contribution < -0.4 is 10.1 Å². The second-order valence-electron chi connectivity index (χ2n) is 7.37. The number of nitrogens with one attached hydrogen (secondary N) is 1. The van der Waals surface area contributed by atoms with Gasteiger partial charge in [0, 0.05) is 22.4 Å². The van der Waals surface area contributed by atoms with Crippen molar-refractivity contribution in [3.05, 3.63) is 101 Å². The van der Waals surface area contributed by atoms with E-state index in [1.54, 1.807) is 7.11 Å². The Bertz CT molecular complexity index is 1370. The Kier molecular flexibility index (Phi) is 5.44. The molecule has 0 radical (unpaired) electrons. The van der Waals surface area contributed by atoms with Gasteiger partial charge in [-0.25, -0.2) is 4.98 Å². The first-order valence-electron chi connectivity index (χ1n) is 10.2. The van der Waals surface area contributed by atoms with Crippen molar-refractivity contribution in [2.75, 3.05) is 12.4 Å². The summed E-state index contributed by atoms with van der Waals surface area (Å²) in [6.45, 7) is 0. The van der Waals surface area contributed by atoms with E-state index in [0.717, 1.165) is 28.7 Å². The van der Waals surface area contributed by atoms with Crippen molar-refractivity contribution in [2.24, 2.45) is 0 Å². The van der Waals surface area contributed by atoms with E-state index >= 15 is 0 Å². The SMILES string of the molecule is COc1ccc2cc(-c3csc(NC(=O)c4ccc(Cc5ccccc5)cc4)n3)oc2c1. The third-order valence-corrected chi connectivity index (χ3v) is 5.93. The molecule has 5 rings (SSSR count). The van der Waals surface area contributed by atoms with Gasteiger partial charge in [0.15, 0.2) is 10.9 Å². The number of benzene rings is 3. The number of amides is 1. The van der Waals surface area contributed by atoms with Crippen LogP contribution in [0.25, 0.3) is 22.4 Å². The highest BCUT2D eigenvalue weighted by Gasteiger charge is 2.13. The maximum atomic E-state index is 12.7. The van der Waals surface area contributed by atoms with Crippen LogP contribution >= 0.6 is 11.3 Å². The summed E-state index contributed by atoms with van der Waals surface area (Å²) in [6, 6.07) is 25.5.